The Bertz CT molecular complexity index is 1300. The van der Waals surface area contributed by atoms with Crippen molar-refractivity contribution >= 4 is 45.6 Å². The average Bonchev–Trinajstić information content (AvgIpc) is 2.90. The van der Waals surface area contributed by atoms with Gasteiger partial charge in [-0.15, -0.1) is 0 Å². The number of halogens is 2. The maximum absolute atomic E-state index is 14.0. The Morgan fingerprint density at radius 3 is 2.76 bits per heavy atom. The zero-order chi connectivity index (χ0) is 27.1. The molecule has 1 amide bonds. The molecule has 0 aliphatic carbocycles. The number of ether oxygens (including phenoxy) is 2. The fraction of sp³-hybridized carbons (Fsp3) is 0.370. The number of amides is 1. The van der Waals surface area contributed by atoms with E-state index in [0.717, 1.165) is 39.3 Å². The summed E-state index contributed by atoms with van der Waals surface area (Å²) in [7, 11) is 3.81. The lowest BCUT2D eigenvalue weighted by Crippen LogP contribution is -2.37. The summed E-state index contributed by atoms with van der Waals surface area (Å²) >= 11 is 6.11. The van der Waals surface area contributed by atoms with E-state index in [0.29, 0.717) is 41.2 Å². The van der Waals surface area contributed by atoms with E-state index in [1.54, 1.807) is 18.2 Å². The number of hydrogen-bond acceptors (Lipinski definition) is 8. The predicted octanol–water partition coefficient (Wildman–Crippen LogP) is 3.89. The maximum atomic E-state index is 14.0. The topological polar surface area (TPSA) is 97.1 Å². The van der Waals surface area contributed by atoms with Crippen molar-refractivity contribution in [3.05, 3.63) is 59.7 Å². The molecule has 1 aliphatic rings. The average molecular weight is 543 g/mol. The zero-order valence-corrected chi connectivity index (χ0v) is 22.3. The summed E-state index contributed by atoms with van der Waals surface area (Å²) in [5.74, 6) is -0.237. The van der Waals surface area contributed by atoms with Crippen molar-refractivity contribution in [3.8, 4) is 5.75 Å². The number of morpholine rings is 1. The number of hydrogen-bond donors (Lipinski definition) is 1. The Morgan fingerprint density at radius 1 is 1.24 bits per heavy atom. The minimum atomic E-state index is -0.582. The standard InChI is InChI=1S/C27H32ClFN6O3/c1-33(2)8-3-5-26(36)35(19-6-7-22(29)21(28)15-19)24-16-20-23(31-18-32-27(20)30)17-25(24)38-12-4-9-34-10-13-37-14-11-34/h3,5-7,15-18H,4,8-14H2,1-2H3,(H2,30,31,32)/b5-3+. The Labute approximate surface area is 226 Å². The third-order valence-electron chi connectivity index (χ3n) is 6.08. The molecule has 9 nitrogen and oxygen atoms in total. The first-order valence-corrected chi connectivity index (χ1v) is 12.8. The highest BCUT2D eigenvalue weighted by Crippen LogP contribution is 2.39. The van der Waals surface area contributed by atoms with Gasteiger partial charge < -0.3 is 20.1 Å². The van der Waals surface area contributed by atoms with Crippen LogP contribution in [0.3, 0.4) is 0 Å². The van der Waals surface area contributed by atoms with Crippen LogP contribution in [0.15, 0.2) is 48.8 Å². The van der Waals surface area contributed by atoms with Crippen molar-refractivity contribution in [2.75, 3.05) is 70.7 Å². The fourth-order valence-electron chi connectivity index (χ4n) is 4.13. The Hall–Kier alpha value is -3.31. The number of carbonyl (C=O) groups excluding carboxylic acids is 1. The second-order valence-electron chi connectivity index (χ2n) is 9.19. The van der Waals surface area contributed by atoms with Gasteiger partial charge in [0.25, 0.3) is 5.91 Å². The van der Waals surface area contributed by atoms with Crippen LogP contribution >= 0.6 is 11.6 Å². The summed E-state index contributed by atoms with van der Waals surface area (Å²) in [4.78, 5) is 27.7. The van der Waals surface area contributed by atoms with E-state index in [2.05, 4.69) is 14.9 Å². The van der Waals surface area contributed by atoms with E-state index < -0.39 is 5.82 Å². The number of aromatic nitrogens is 2. The molecule has 11 heteroatoms. The third-order valence-corrected chi connectivity index (χ3v) is 6.37. The molecule has 2 heterocycles. The highest BCUT2D eigenvalue weighted by Gasteiger charge is 2.23. The van der Waals surface area contributed by atoms with Gasteiger partial charge in [-0.2, -0.15) is 0 Å². The molecule has 2 aromatic carbocycles. The molecule has 4 rings (SSSR count). The summed E-state index contributed by atoms with van der Waals surface area (Å²) in [5.41, 5.74) is 7.53. The molecule has 1 saturated heterocycles. The van der Waals surface area contributed by atoms with E-state index in [1.165, 1.54) is 35.5 Å². The molecule has 1 fully saturated rings. The molecule has 0 spiro atoms. The number of anilines is 3. The summed E-state index contributed by atoms with van der Waals surface area (Å²) in [6, 6.07) is 7.59. The van der Waals surface area contributed by atoms with Crippen molar-refractivity contribution < 1.29 is 18.7 Å². The molecule has 0 atom stereocenters. The van der Waals surface area contributed by atoms with E-state index in [9.17, 15) is 9.18 Å². The van der Waals surface area contributed by atoms with Gasteiger partial charge >= 0.3 is 0 Å². The van der Waals surface area contributed by atoms with Gasteiger partial charge in [-0.3, -0.25) is 14.6 Å². The van der Waals surface area contributed by atoms with Crippen LogP contribution in [0, 0.1) is 5.82 Å². The number of carbonyl (C=O) groups is 1. The van der Waals surface area contributed by atoms with Gasteiger partial charge in [-0.05, 0) is 44.8 Å². The van der Waals surface area contributed by atoms with Gasteiger partial charge in [-0.25, -0.2) is 14.4 Å². The van der Waals surface area contributed by atoms with E-state index in [4.69, 9.17) is 26.8 Å². The van der Waals surface area contributed by atoms with Crippen LogP contribution in [-0.2, 0) is 9.53 Å². The van der Waals surface area contributed by atoms with Crippen molar-refractivity contribution in [3.63, 3.8) is 0 Å². The highest BCUT2D eigenvalue weighted by atomic mass is 35.5. The van der Waals surface area contributed by atoms with Crippen LogP contribution in [-0.4, -0.2) is 85.8 Å². The van der Waals surface area contributed by atoms with Gasteiger partial charge in [0.05, 0.1) is 41.7 Å². The largest absolute Gasteiger partial charge is 0.491 e. The van der Waals surface area contributed by atoms with Crippen molar-refractivity contribution in [2.24, 2.45) is 0 Å². The van der Waals surface area contributed by atoms with E-state index >= 15 is 0 Å². The van der Waals surface area contributed by atoms with Gasteiger partial charge in [0, 0.05) is 43.7 Å². The summed E-state index contributed by atoms with van der Waals surface area (Å²) < 4.78 is 25.7. The van der Waals surface area contributed by atoms with E-state index in [-0.39, 0.29) is 16.7 Å². The van der Waals surface area contributed by atoms with Crippen LogP contribution in [0.5, 0.6) is 5.75 Å². The molecule has 1 aromatic heterocycles. The maximum Gasteiger partial charge on any atom is 0.255 e. The zero-order valence-electron chi connectivity index (χ0n) is 21.6. The molecular formula is C27H32ClFN6O3. The summed E-state index contributed by atoms with van der Waals surface area (Å²) in [6.07, 6.45) is 5.38. The van der Waals surface area contributed by atoms with Gasteiger partial charge in [-0.1, -0.05) is 17.7 Å². The third kappa shape index (κ3) is 6.96. The Morgan fingerprint density at radius 2 is 2.03 bits per heavy atom. The first-order valence-electron chi connectivity index (χ1n) is 12.4. The Balaban J connectivity index is 1.71. The van der Waals surface area contributed by atoms with Crippen LogP contribution in [0.2, 0.25) is 5.02 Å². The van der Waals surface area contributed by atoms with Gasteiger partial charge in [0.1, 0.15) is 23.7 Å². The minimum Gasteiger partial charge on any atom is -0.491 e. The molecular weight excluding hydrogens is 511 g/mol. The molecule has 0 radical (unpaired) electrons. The first-order chi connectivity index (χ1) is 18.3. The number of nitrogens with two attached hydrogens (primary N) is 1. The first kappa shape index (κ1) is 27.7. The number of nitrogens with zero attached hydrogens (tertiary/aromatic N) is 5. The van der Waals surface area contributed by atoms with Gasteiger partial charge in [0.2, 0.25) is 0 Å². The van der Waals surface area contributed by atoms with Crippen LogP contribution in [0.4, 0.5) is 21.6 Å². The van der Waals surface area contributed by atoms with Crippen LogP contribution < -0.4 is 15.4 Å². The molecule has 0 bridgehead atoms. The molecule has 202 valence electrons. The van der Waals surface area contributed by atoms with Crippen molar-refractivity contribution in [2.45, 2.75) is 6.42 Å². The lowest BCUT2D eigenvalue weighted by atomic mass is 10.1. The minimum absolute atomic E-state index is 0.103. The number of rotatable bonds is 10. The molecule has 38 heavy (non-hydrogen) atoms. The van der Waals surface area contributed by atoms with E-state index in [1.807, 2.05) is 19.0 Å². The van der Waals surface area contributed by atoms with Crippen LogP contribution in [0.25, 0.3) is 10.9 Å². The smallest absolute Gasteiger partial charge is 0.255 e. The van der Waals surface area contributed by atoms with Crippen LogP contribution in [0.1, 0.15) is 6.42 Å². The number of fused-ring (bicyclic) bond motifs is 1. The lowest BCUT2D eigenvalue weighted by Gasteiger charge is -2.27. The second-order valence-corrected chi connectivity index (χ2v) is 9.60. The number of nitrogen functional groups attached to an aromatic ring is 1. The second kappa shape index (κ2) is 13.0. The quantitative estimate of drug-likeness (QED) is 0.304. The Kier molecular flexibility index (Phi) is 9.46. The van der Waals surface area contributed by atoms with Crippen molar-refractivity contribution in [1.29, 1.82) is 0 Å². The van der Waals surface area contributed by atoms with Crippen molar-refractivity contribution in [1.82, 2.24) is 19.8 Å². The monoisotopic (exact) mass is 542 g/mol. The molecule has 0 saturated carbocycles. The predicted molar refractivity (Wildman–Crippen MR) is 148 cm³/mol. The fourth-order valence-corrected chi connectivity index (χ4v) is 4.30. The molecule has 0 unspecified atom stereocenters. The summed E-state index contributed by atoms with van der Waals surface area (Å²) in [5, 5.41) is 0.459. The highest BCUT2D eigenvalue weighted by molar-refractivity contribution is 6.31. The normalized spacial score (nSPS) is 14.4. The molecule has 2 N–H and O–H groups in total. The molecule has 1 aliphatic heterocycles. The lowest BCUT2D eigenvalue weighted by molar-refractivity contribution is -0.113. The molecule has 3 aromatic rings. The number of benzene rings is 2. The number of likely N-dealkylation sites (N-methyl/N-ethyl adjacent to an activating group) is 1. The summed E-state index contributed by atoms with van der Waals surface area (Å²) in [6.45, 7) is 5.09. The SMILES string of the molecule is CN(C)C/C=C/C(=O)N(c1ccc(F)c(Cl)c1)c1cc2c(N)ncnc2cc1OCCCN1CCOCC1. The van der Waals surface area contributed by atoms with Gasteiger partial charge in [0.15, 0.2) is 0 Å².